The maximum Gasteiger partial charge on any atom is 0.332 e. The summed E-state index contributed by atoms with van der Waals surface area (Å²) in [7, 11) is 0. The number of urea groups is 1. The number of nitrogens with one attached hydrogen (secondary N) is 1. The van der Waals surface area contributed by atoms with Crippen LogP contribution in [0.1, 0.15) is 31.2 Å². The van der Waals surface area contributed by atoms with Gasteiger partial charge >= 0.3 is 6.03 Å². The molecule has 3 fully saturated rings. The van der Waals surface area contributed by atoms with Crippen molar-refractivity contribution < 1.29 is 19.1 Å². The normalized spacial score (nSPS) is 27.2. The molecule has 0 aromatic heterocycles. The third kappa shape index (κ3) is 3.56. The minimum absolute atomic E-state index is 0.0480. The molecule has 2 aliphatic heterocycles. The summed E-state index contributed by atoms with van der Waals surface area (Å²) in [4.78, 5) is 42.7. The molecule has 0 bridgehead atoms. The van der Waals surface area contributed by atoms with Crippen molar-refractivity contribution in [2.75, 3.05) is 16.8 Å². The third-order valence-corrected chi connectivity index (χ3v) is 6.83. The minimum Gasteiger partial charge on any atom is -0.363 e. The lowest BCUT2D eigenvalue weighted by atomic mass is 9.81. The van der Waals surface area contributed by atoms with E-state index in [0.717, 1.165) is 31.2 Å². The summed E-state index contributed by atoms with van der Waals surface area (Å²) in [5.41, 5.74) is 2.15. The van der Waals surface area contributed by atoms with Gasteiger partial charge in [0.2, 0.25) is 5.91 Å². The molecule has 0 spiro atoms. The van der Waals surface area contributed by atoms with Crippen LogP contribution in [-0.4, -0.2) is 47.5 Å². The smallest absolute Gasteiger partial charge is 0.332 e. The van der Waals surface area contributed by atoms with E-state index in [0.29, 0.717) is 11.4 Å². The molecule has 4 unspecified atom stereocenters. The number of aryl methyl sites for hydroxylation is 1. The van der Waals surface area contributed by atoms with Gasteiger partial charge in [-0.15, -0.1) is 0 Å². The summed E-state index contributed by atoms with van der Waals surface area (Å²) < 4.78 is 6.21. The number of nitrogens with zero attached hydrogens (tertiary/aromatic N) is 2. The topological polar surface area (TPSA) is 79.0 Å². The number of hydrogen-bond donors (Lipinski definition) is 1. The van der Waals surface area contributed by atoms with Gasteiger partial charge in [0.05, 0.1) is 17.8 Å². The van der Waals surface area contributed by atoms with E-state index in [1.807, 2.05) is 37.3 Å². The number of carbonyl (C=O) groups is 3. The minimum atomic E-state index is -0.743. The lowest BCUT2D eigenvalue weighted by Crippen LogP contribution is -2.65. The summed E-state index contributed by atoms with van der Waals surface area (Å²) in [6, 6.07) is 15.5. The van der Waals surface area contributed by atoms with Crippen molar-refractivity contribution in [1.82, 2.24) is 4.90 Å². The van der Waals surface area contributed by atoms with E-state index in [-0.39, 0.29) is 30.4 Å². The highest BCUT2D eigenvalue weighted by Crippen LogP contribution is 2.43. The third-order valence-electron chi connectivity index (χ3n) is 6.83. The average Bonchev–Trinajstić information content (AvgIpc) is 3.19. The number of fused-ring (bicyclic) bond motifs is 3. The molecule has 5 rings (SSSR count). The van der Waals surface area contributed by atoms with Crippen LogP contribution in [0.3, 0.4) is 0 Å². The number of para-hydroxylation sites is 2. The van der Waals surface area contributed by atoms with Crippen molar-refractivity contribution >= 4 is 29.2 Å². The number of carbonyl (C=O) groups excluding carboxylic acids is 3. The van der Waals surface area contributed by atoms with Gasteiger partial charge in [0.1, 0.15) is 6.54 Å². The average molecular weight is 434 g/mol. The van der Waals surface area contributed by atoms with Crippen molar-refractivity contribution in [2.45, 2.75) is 50.9 Å². The van der Waals surface area contributed by atoms with Crippen LogP contribution in [-0.2, 0) is 14.3 Å². The van der Waals surface area contributed by atoms with E-state index >= 15 is 0 Å². The van der Waals surface area contributed by atoms with Crippen LogP contribution in [0.5, 0.6) is 0 Å². The van der Waals surface area contributed by atoms with Gasteiger partial charge in [-0.3, -0.25) is 9.59 Å². The Labute approximate surface area is 187 Å². The van der Waals surface area contributed by atoms with Crippen LogP contribution >= 0.6 is 0 Å². The predicted octanol–water partition coefficient (Wildman–Crippen LogP) is 3.73. The standard InChI is InChI=1S/C25H27N3O4/c1-16-9-5-7-13-19(16)26-21(29)15-27-22-18-12-6-8-14-20(18)32-23(22)24(30)28(25(27)31)17-10-3-2-4-11-17/h2-5,7,9-11,13,18,20,22-23H,6,8,12,14-15H2,1H3,(H,26,29). The summed E-state index contributed by atoms with van der Waals surface area (Å²) in [5.74, 6) is -0.546. The van der Waals surface area contributed by atoms with Gasteiger partial charge in [-0.05, 0) is 43.5 Å². The first-order chi connectivity index (χ1) is 15.5. The number of imide groups is 1. The predicted molar refractivity (Wildman–Crippen MR) is 120 cm³/mol. The molecule has 1 N–H and O–H groups in total. The summed E-state index contributed by atoms with van der Waals surface area (Å²) in [6.07, 6.45) is 3.09. The quantitative estimate of drug-likeness (QED) is 0.797. The molecule has 7 nitrogen and oxygen atoms in total. The second-order valence-corrected chi connectivity index (χ2v) is 8.82. The second kappa shape index (κ2) is 8.39. The van der Waals surface area contributed by atoms with Crippen molar-refractivity contribution in [3.8, 4) is 0 Å². The molecule has 2 saturated heterocycles. The molecule has 4 amide bonds. The fraction of sp³-hybridized carbons (Fsp3) is 0.400. The first-order valence-electron chi connectivity index (χ1n) is 11.2. The van der Waals surface area contributed by atoms with Crippen LogP contribution in [0.15, 0.2) is 54.6 Å². The van der Waals surface area contributed by atoms with Crippen LogP contribution in [0.4, 0.5) is 16.2 Å². The van der Waals surface area contributed by atoms with Crippen molar-refractivity contribution in [2.24, 2.45) is 5.92 Å². The Morgan fingerprint density at radius 2 is 1.75 bits per heavy atom. The molecule has 0 radical (unpaired) electrons. The molecule has 4 atom stereocenters. The Bertz CT molecular complexity index is 1040. The van der Waals surface area contributed by atoms with Gasteiger partial charge in [-0.2, -0.15) is 0 Å². The van der Waals surface area contributed by atoms with Crippen LogP contribution in [0.25, 0.3) is 0 Å². The largest absolute Gasteiger partial charge is 0.363 e. The fourth-order valence-corrected chi connectivity index (χ4v) is 5.30. The highest BCUT2D eigenvalue weighted by atomic mass is 16.5. The van der Waals surface area contributed by atoms with Crippen LogP contribution < -0.4 is 10.2 Å². The first kappa shape index (κ1) is 20.7. The van der Waals surface area contributed by atoms with E-state index in [9.17, 15) is 14.4 Å². The lowest BCUT2D eigenvalue weighted by Gasteiger charge is -2.42. The molecule has 7 heteroatoms. The SMILES string of the molecule is Cc1ccccc1NC(=O)CN1C(=O)N(c2ccccc2)C(=O)C2OC3CCCCC3C21. The van der Waals surface area contributed by atoms with Gasteiger partial charge in [0.25, 0.3) is 5.91 Å². The Kier molecular flexibility index (Phi) is 5.43. The van der Waals surface area contributed by atoms with Gasteiger partial charge in [-0.1, -0.05) is 49.2 Å². The molecular weight excluding hydrogens is 406 g/mol. The van der Waals surface area contributed by atoms with E-state index in [4.69, 9.17) is 4.74 Å². The molecule has 2 aromatic rings. The second-order valence-electron chi connectivity index (χ2n) is 8.82. The van der Waals surface area contributed by atoms with Crippen LogP contribution in [0.2, 0.25) is 0 Å². The van der Waals surface area contributed by atoms with Crippen molar-refractivity contribution in [3.05, 3.63) is 60.2 Å². The van der Waals surface area contributed by atoms with Crippen LogP contribution in [0, 0.1) is 12.8 Å². The number of rotatable bonds is 4. The van der Waals surface area contributed by atoms with Gasteiger partial charge in [0.15, 0.2) is 6.10 Å². The van der Waals surface area contributed by atoms with Gasteiger partial charge < -0.3 is 15.0 Å². The zero-order valence-corrected chi connectivity index (χ0v) is 18.1. The van der Waals surface area contributed by atoms with Gasteiger partial charge in [-0.25, -0.2) is 9.69 Å². The number of ether oxygens (including phenoxy) is 1. The molecule has 3 aliphatic rings. The van der Waals surface area contributed by atoms with E-state index in [2.05, 4.69) is 5.32 Å². The molecule has 2 heterocycles. The van der Waals surface area contributed by atoms with E-state index < -0.39 is 18.2 Å². The lowest BCUT2D eigenvalue weighted by molar-refractivity contribution is -0.133. The zero-order chi connectivity index (χ0) is 22.2. The Balaban J connectivity index is 1.46. The Morgan fingerprint density at radius 3 is 2.53 bits per heavy atom. The highest BCUT2D eigenvalue weighted by molar-refractivity contribution is 6.18. The van der Waals surface area contributed by atoms with E-state index in [1.54, 1.807) is 29.2 Å². The Hall–Kier alpha value is -3.19. The Morgan fingerprint density at radius 1 is 1.03 bits per heavy atom. The van der Waals surface area contributed by atoms with Gasteiger partial charge in [0, 0.05) is 11.6 Å². The zero-order valence-electron chi connectivity index (χ0n) is 18.1. The molecule has 1 saturated carbocycles. The number of amides is 4. The van der Waals surface area contributed by atoms with Crippen molar-refractivity contribution in [1.29, 1.82) is 0 Å². The summed E-state index contributed by atoms with van der Waals surface area (Å²) in [5, 5.41) is 2.92. The molecule has 2 aromatic carbocycles. The molecule has 166 valence electrons. The number of hydrogen-bond acceptors (Lipinski definition) is 4. The molecule has 1 aliphatic carbocycles. The maximum absolute atomic E-state index is 13.6. The molecular formula is C25H27N3O4. The summed E-state index contributed by atoms with van der Waals surface area (Å²) in [6.45, 7) is 1.79. The highest BCUT2D eigenvalue weighted by Gasteiger charge is 2.58. The van der Waals surface area contributed by atoms with E-state index in [1.165, 1.54) is 4.90 Å². The monoisotopic (exact) mass is 433 g/mol. The fourth-order valence-electron chi connectivity index (χ4n) is 5.30. The molecule has 32 heavy (non-hydrogen) atoms. The maximum atomic E-state index is 13.6. The number of benzene rings is 2. The van der Waals surface area contributed by atoms with Crippen molar-refractivity contribution in [3.63, 3.8) is 0 Å². The number of anilines is 2. The summed E-state index contributed by atoms with van der Waals surface area (Å²) >= 11 is 0. The first-order valence-corrected chi connectivity index (χ1v) is 11.2.